The Balaban J connectivity index is 4.01. The molecule has 0 rings (SSSR count). The molecule has 2 N–H and O–H groups in total. The van der Waals surface area contributed by atoms with Crippen molar-refractivity contribution in [2.75, 3.05) is 33.3 Å². The van der Waals surface area contributed by atoms with Crippen LogP contribution in [0.3, 0.4) is 0 Å². The van der Waals surface area contributed by atoms with Crippen LogP contribution < -0.4 is 5.73 Å². The summed E-state index contributed by atoms with van der Waals surface area (Å²) in [6.07, 6.45) is 3.61. The quantitative estimate of drug-likeness (QED) is 0.596. The fraction of sp³-hybridized carbons (Fsp3) is 0.941. The van der Waals surface area contributed by atoms with E-state index in [1.165, 1.54) is 0 Å². The van der Waals surface area contributed by atoms with Crippen LogP contribution in [0.4, 0.5) is 0 Å². The fourth-order valence-electron chi connectivity index (χ4n) is 2.57. The van der Waals surface area contributed by atoms with Gasteiger partial charge in [0.2, 0.25) is 0 Å². The van der Waals surface area contributed by atoms with Crippen molar-refractivity contribution in [2.45, 2.75) is 60.3 Å². The summed E-state index contributed by atoms with van der Waals surface area (Å²) in [5.74, 6) is -0.100. The zero-order chi connectivity index (χ0) is 16.5. The van der Waals surface area contributed by atoms with E-state index in [2.05, 4.69) is 39.5 Å². The standard InChI is InChI=1S/C17H36N2O2/c1-7-16(2,3)13-17(4,5)14-21-15(20)9-12-19(6)11-8-10-18/h7-14,18H2,1-6H3. The normalized spacial score (nSPS) is 12.8. The van der Waals surface area contributed by atoms with Crippen molar-refractivity contribution >= 4 is 5.97 Å². The first kappa shape index (κ1) is 20.4. The third-order valence-electron chi connectivity index (χ3n) is 3.98. The highest BCUT2D eigenvalue weighted by Crippen LogP contribution is 2.36. The first-order valence-corrected chi connectivity index (χ1v) is 8.16. The smallest absolute Gasteiger partial charge is 0.307 e. The molecule has 0 unspecified atom stereocenters. The largest absolute Gasteiger partial charge is 0.465 e. The Morgan fingerprint density at radius 1 is 1.14 bits per heavy atom. The van der Waals surface area contributed by atoms with Crippen LogP contribution in [0.15, 0.2) is 0 Å². The maximum atomic E-state index is 11.8. The number of hydrogen-bond donors (Lipinski definition) is 1. The predicted molar refractivity (Wildman–Crippen MR) is 89.2 cm³/mol. The highest BCUT2D eigenvalue weighted by molar-refractivity contribution is 5.69. The molecule has 4 heteroatoms. The molecule has 0 heterocycles. The van der Waals surface area contributed by atoms with Crippen molar-refractivity contribution in [3.63, 3.8) is 0 Å². The lowest BCUT2D eigenvalue weighted by atomic mass is 9.74. The molecular weight excluding hydrogens is 264 g/mol. The Bertz CT molecular complexity index is 301. The Morgan fingerprint density at radius 2 is 1.76 bits per heavy atom. The highest BCUT2D eigenvalue weighted by atomic mass is 16.5. The summed E-state index contributed by atoms with van der Waals surface area (Å²) in [5.41, 5.74) is 5.79. The van der Waals surface area contributed by atoms with Crippen LogP contribution in [0.25, 0.3) is 0 Å². The monoisotopic (exact) mass is 300 g/mol. The van der Waals surface area contributed by atoms with Crippen molar-refractivity contribution in [1.29, 1.82) is 0 Å². The molecule has 0 aliphatic carbocycles. The van der Waals surface area contributed by atoms with Crippen LogP contribution in [-0.4, -0.2) is 44.2 Å². The maximum absolute atomic E-state index is 11.8. The SMILES string of the molecule is CCC(C)(C)CC(C)(C)COC(=O)CCN(C)CCCN. The molecule has 0 aromatic rings. The molecule has 0 atom stereocenters. The number of hydrogen-bond acceptors (Lipinski definition) is 4. The van der Waals surface area contributed by atoms with Crippen LogP contribution in [0.1, 0.15) is 60.3 Å². The lowest BCUT2D eigenvalue weighted by molar-refractivity contribution is -0.147. The van der Waals surface area contributed by atoms with Gasteiger partial charge in [-0.1, -0.05) is 41.0 Å². The molecule has 0 saturated carbocycles. The van der Waals surface area contributed by atoms with Crippen LogP contribution in [0.2, 0.25) is 0 Å². The number of nitrogens with zero attached hydrogens (tertiary/aromatic N) is 1. The van der Waals surface area contributed by atoms with Crippen molar-refractivity contribution < 1.29 is 9.53 Å². The average Bonchev–Trinajstić information content (AvgIpc) is 2.39. The molecule has 0 bridgehead atoms. The Hall–Kier alpha value is -0.610. The van der Waals surface area contributed by atoms with Crippen LogP contribution in [0, 0.1) is 10.8 Å². The van der Waals surface area contributed by atoms with Gasteiger partial charge in [-0.25, -0.2) is 0 Å². The van der Waals surface area contributed by atoms with Gasteiger partial charge >= 0.3 is 5.97 Å². The third-order valence-corrected chi connectivity index (χ3v) is 3.98. The van der Waals surface area contributed by atoms with Gasteiger partial charge in [-0.2, -0.15) is 0 Å². The summed E-state index contributed by atoms with van der Waals surface area (Å²) in [6, 6.07) is 0. The number of carbonyl (C=O) groups excluding carboxylic acids is 1. The molecule has 0 amide bonds. The van der Waals surface area contributed by atoms with Gasteiger partial charge in [0.1, 0.15) is 0 Å². The van der Waals surface area contributed by atoms with E-state index in [0.717, 1.165) is 32.4 Å². The Morgan fingerprint density at radius 3 is 2.29 bits per heavy atom. The molecule has 0 aromatic carbocycles. The van der Waals surface area contributed by atoms with Gasteiger partial charge in [0, 0.05) is 6.54 Å². The maximum Gasteiger partial charge on any atom is 0.307 e. The van der Waals surface area contributed by atoms with E-state index in [0.29, 0.717) is 25.0 Å². The second-order valence-electron chi connectivity index (χ2n) is 7.71. The summed E-state index contributed by atoms with van der Waals surface area (Å²) in [7, 11) is 2.01. The minimum Gasteiger partial charge on any atom is -0.465 e. The first-order chi connectivity index (χ1) is 9.62. The van der Waals surface area contributed by atoms with E-state index in [-0.39, 0.29) is 11.4 Å². The first-order valence-electron chi connectivity index (χ1n) is 8.16. The summed E-state index contributed by atoms with van der Waals surface area (Å²) in [6.45, 7) is 13.9. The number of nitrogens with two attached hydrogens (primary N) is 1. The fourth-order valence-corrected chi connectivity index (χ4v) is 2.57. The molecule has 0 aliphatic rings. The third kappa shape index (κ3) is 10.7. The van der Waals surface area contributed by atoms with E-state index in [4.69, 9.17) is 10.5 Å². The number of carbonyl (C=O) groups is 1. The van der Waals surface area contributed by atoms with Crippen LogP contribution in [0.5, 0.6) is 0 Å². The molecule has 0 saturated heterocycles. The van der Waals surface area contributed by atoms with Gasteiger partial charge in [0.25, 0.3) is 0 Å². The molecule has 0 aliphatic heterocycles. The molecule has 21 heavy (non-hydrogen) atoms. The van der Waals surface area contributed by atoms with Gasteiger partial charge in [-0.15, -0.1) is 0 Å². The van der Waals surface area contributed by atoms with E-state index in [1.807, 2.05) is 7.05 Å². The minimum atomic E-state index is -0.100. The summed E-state index contributed by atoms with van der Waals surface area (Å²) < 4.78 is 5.46. The van der Waals surface area contributed by atoms with Crippen molar-refractivity contribution in [3.8, 4) is 0 Å². The van der Waals surface area contributed by atoms with Crippen molar-refractivity contribution in [2.24, 2.45) is 16.6 Å². The predicted octanol–water partition coefficient (Wildman–Crippen LogP) is 3.05. The van der Waals surface area contributed by atoms with E-state index in [9.17, 15) is 4.79 Å². The van der Waals surface area contributed by atoms with Gasteiger partial charge in [0.15, 0.2) is 0 Å². The van der Waals surface area contributed by atoms with Gasteiger partial charge in [-0.3, -0.25) is 4.79 Å². The zero-order valence-electron chi connectivity index (χ0n) is 15.0. The highest BCUT2D eigenvalue weighted by Gasteiger charge is 2.28. The molecule has 0 spiro atoms. The van der Waals surface area contributed by atoms with E-state index < -0.39 is 0 Å². The molecule has 0 radical (unpaired) electrons. The zero-order valence-corrected chi connectivity index (χ0v) is 15.0. The summed E-state index contributed by atoms with van der Waals surface area (Å²) in [5, 5.41) is 0. The lowest BCUT2D eigenvalue weighted by Crippen LogP contribution is -2.29. The summed E-state index contributed by atoms with van der Waals surface area (Å²) >= 11 is 0. The van der Waals surface area contributed by atoms with Crippen molar-refractivity contribution in [3.05, 3.63) is 0 Å². The van der Waals surface area contributed by atoms with Crippen molar-refractivity contribution in [1.82, 2.24) is 4.90 Å². The molecule has 0 fully saturated rings. The van der Waals surface area contributed by atoms with Gasteiger partial charge in [-0.05, 0) is 43.8 Å². The number of ether oxygens (including phenoxy) is 1. The van der Waals surface area contributed by atoms with Crippen LogP contribution >= 0.6 is 0 Å². The number of esters is 1. The number of rotatable bonds is 11. The summed E-state index contributed by atoms with van der Waals surface area (Å²) in [4.78, 5) is 14.0. The van der Waals surface area contributed by atoms with E-state index in [1.54, 1.807) is 0 Å². The Labute approximate surface area is 131 Å². The Kier molecular flexibility index (Phi) is 9.14. The lowest BCUT2D eigenvalue weighted by Gasteiger charge is -2.33. The minimum absolute atomic E-state index is 0.0284. The molecule has 0 aromatic heterocycles. The van der Waals surface area contributed by atoms with Gasteiger partial charge < -0.3 is 15.4 Å². The topological polar surface area (TPSA) is 55.6 Å². The molecular formula is C17H36N2O2. The van der Waals surface area contributed by atoms with E-state index >= 15 is 0 Å². The molecule has 4 nitrogen and oxygen atoms in total. The van der Waals surface area contributed by atoms with Gasteiger partial charge in [0.05, 0.1) is 13.0 Å². The second kappa shape index (κ2) is 9.42. The average molecular weight is 300 g/mol. The van der Waals surface area contributed by atoms with Crippen LogP contribution in [-0.2, 0) is 9.53 Å². The molecule has 126 valence electrons. The second-order valence-corrected chi connectivity index (χ2v) is 7.71.